The molecule has 2 rings (SSSR count). The molecule has 0 unspecified atom stereocenters. The molecule has 1 N–H and O–H groups in total. The van der Waals surface area contributed by atoms with Crippen molar-refractivity contribution in [1.82, 2.24) is 0 Å². The van der Waals surface area contributed by atoms with E-state index in [-0.39, 0.29) is 18.6 Å². The highest BCUT2D eigenvalue weighted by atomic mass is 16.4. The minimum Gasteiger partial charge on any atom is -0.481 e. The van der Waals surface area contributed by atoms with Gasteiger partial charge in [0, 0.05) is 12.0 Å². The molecule has 0 heterocycles. The number of ketones is 1. The number of rotatable bonds is 6. The molecular weight excluding hydrogens is 276 g/mol. The molecule has 0 aliphatic carbocycles. The molecule has 0 aliphatic rings. The molecule has 114 valence electrons. The topological polar surface area (TPSA) is 54.4 Å². The highest BCUT2D eigenvalue weighted by Crippen LogP contribution is 2.27. The van der Waals surface area contributed by atoms with Gasteiger partial charge < -0.3 is 5.11 Å². The van der Waals surface area contributed by atoms with Crippen LogP contribution in [0.2, 0.25) is 0 Å². The summed E-state index contributed by atoms with van der Waals surface area (Å²) in [4.78, 5) is 23.1. The Hall–Kier alpha value is -2.42. The van der Waals surface area contributed by atoms with E-state index in [0.29, 0.717) is 5.56 Å². The molecule has 2 aromatic carbocycles. The van der Waals surface area contributed by atoms with Gasteiger partial charge >= 0.3 is 5.97 Å². The molecule has 3 heteroatoms. The monoisotopic (exact) mass is 296 g/mol. The van der Waals surface area contributed by atoms with Crippen LogP contribution >= 0.6 is 0 Å². The summed E-state index contributed by atoms with van der Waals surface area (Å²) in [6, 6.07) is 17.4. The molecule has 0 saturated heterocycles. The SMILES string of the molecule is CC(C)(CC(=O)O)CC(=O)c1ccc(-c2ccccc2)cc1. The summed E-state index contributed by atoms with van der Waals surface area (Å²) in [6.45, 7) is 3.61. The van der Waals surface area contributed by atoms with E-state index in [1.165, 1.54) is 0 Å². The number of benzene rings is 2. The van der Waals surface area contributed by atoms with Crippen LogP contribution in [-0.2, 0) is 4.79 Å². The van der Waals surface area contributed by atoms with Crippen molar-refractivity contribution in [2.45, 2.75) is 26.7 Å². The van der Waals surface area contributed by atoms with Crippen molar-refractivity contribution in [2.24, 2.45) is 5.41 Å². The minimum absolute atomic E-state index is 0.0131. The fourth-order valence-electron chi connectivity index (χ4n) is 2.49. The second-order valence-corrected chi connectivity index (χ2v) is 6.28. The van der Waals surface area contributed by atoms with Crippen molar-refractivity contribution in [3.8, 4) is 11.1 Å². The highest BCUT2D eigenvalue weighted by Gasteiger charge is 2.25. The summed E-state index contributed by atoms with van der Waals surface area (Å²) >= 11 is 0. The summed E-state index contributed by atoms with van der Waals surface area (Å²) in [7, 11) is 0. The highest BCUT2D eigenvalue weighted by molar-refractivity contribution is 5.97. The summed E-state index contributed by atoms with van der Waals surface area (Å²) < 4.78 is 0. The van der Waals surface area contributed by atoms with Gasteiger partial charge in [0.1, 0.15) is 0 Å². The number of aliphatic carboxylic acids is 1. The standard InChI is InChI=1S/C19H20O3/c1-19(2,13-18(21)22)12-17(20)16-10-8-15(9-11-16)14-6-4-3-5-7-14/h3-11H,12-13H2,1-2H3,(H,21,22). The maximum atomic E-state index is 12.3. The van der Waals surface area contributed by atoms with Crippen LogP contribution in [0.4, 0.5) is 0 Å². The number of Topliss-reactive ketones (excluding diaryl/α,β-unsaturated/α-hetero) is 1. The molecule has 0 radical (unpaired) electrons. The van der Waals surface area contributed by atoms with Crippen molar-refractivity contribution in [2.75, 3.05) is 0 Å². The lowest BCUT2D eigenvalue weighted by Gasteiger charge is -2.21. The first-order chi connectivity index (χ1) is 10.4. The molecule has 22 heavy (non-hydrogen) atoms. The van der Waals surface area contributed by atoms with Crippen LogP contribution in [0.15, 0.2) is 54.6 Å². The molecule has 0 spiro atoms. The third-order valence-electron chi connectivity index (χ3n) is 3.58. The van der Waals surface area contributed by atoms with Gasteiger partial charge in [-0.3, -0.25) is 9.59 Å². The van der Waals surface area contributed by atoms with Crippen molar-refractivity contribution < 1.29 is 14.7 Å². The molecule has 0 fully saturated rings. The molecule has 2 aromatic rings. The first kappa shape index (κ1) is 16.0. The van der Waals surface area contributed by atoms with Crippen molar-refractivity contribution in [1.29, 1.82) is 0 Å². The quantitative estimate of drug-likeness (QED) is 0.802. The number of carbonyl (C=O) groups excluding carboxylic acids is 1. The molecule has 3 nitrogen and oxygen atoms in total. The zero-order valence-electron chi connectivity index (χ0n) is 12.9. The van der Waals surface area contributed by atoms with Crippen LogP contribution in [0.5, 0.6) is 0 Å². The van der Waals surface area contributed by atoms with Crippen LogP contribution < -0.4 is 0 Å². The first-order valence-electron chi connectivity index (χ1n) is 7.28. The van der Waals surface area contributed by atoms with Gasteiger partial charge in [-0.25, -0.2) is 0 Å². The predicted octanol–water partition coefficient (Wildman–Crippen LogP) is 4.43. The fourth-order valence-corrected chi connectivity index (χ4v) is 2.49. The molecule has 0 aromatic heterocycles. The lowest BCUT2D eigenvalue weighted by atomic mass is 9.82. The molecule has 0 atom stereocenters. The summed E-state index contributed by atoms with van der Waals surface area (Å²) in [5.74, 6) is -0.900. The smallest absolute Gasteiger partial charge is 0.303 e. The van der Waals surface area contributed by atoms with E-state index in [1.54, 1.807) is 13.8 Å². The number of hydrogen-bond acceptors (Lipinski definition) is 2. The lowest BCUT2D eigenvalue weighted by Crippen LogP contribution is -2.21. The summed E-state index contributed by atoms with van der Waals surface area (Å²) in [5.41, 5.74) is 2.24. The van der Waals surface area contributed by atoms with Gasteiger partial charge in [0.05, 0.1) is 6.42 Å². The zero-order valence-corrected chi connectivity index (χ0v) is 12.9. The predicted molar refractivity (Wildman–Crippen MR) is 86.9 cm³/mol. The van der Waals surface area contributed by atoms with Gasteiger partial charge in [0.15, 0.2) is 5.78 Å². The van der Waals surface area contributed by atoms with Gasteiger partial charge in [-0.05, 0) is 16.5 Å². The Labute approximate surface area is 130 Å². The van der Waals surface area contributed by atoms with Gasteiger partial charge in [-0.15, -0.1) is 0 Å². The molecular formula is C19H20O3. The Balaban J connectivity index is 2.10. The third kappa shape index (κ3) is 4.29. The van der Waals surface area contributed by atoms with E-state index >= 15 is 0 Å². The van der Waals surface area contributed by atoms with Crippen LogP contribution in [0.1, 0.15) is 37.0 Å². The largest absolute Gasteiger partial charge is 0.481 e. The van der Waals surface area contributed by atoms with E-state index in [2.05, 4.69) is 0 Å². The van der Waals surface area contributed by atoms with Gasteiger partial charge in [-0.2, -0.15) is 0 Å². The van der Waals surface area contributed by atoms with E-state index < -0.39 is 11.4 Å². The van der Waals surface area contributed by atoms with Crippen molar-refractivity contribution in [3.05, 3.63) is 60.2 Å². The fraction of sp³-hybridized carbons (Fsp3) is 0.263. The number of carboxylic acids is 1. The van der Waals surface area contributed by atoms with E-state index in [0.717, 1.165) is 11.1 Å². The van der Waals surface area contributed by atoms with E-state index in [4.69, 9.17) is 5.11 Å². The zero-order chi connectivity index (χ0) is 16.2. The third-order valence-corrected chi connectivity index (χ3v) is 3.58. The van der Waals surface area contributed by atoms with Gasteiger partial charge in [-0.1, -0.05) is 68.4 Å². The van der Waals surface area contributed by atoms with Crippen LogP contribution in [-0.4, -0.2) is 16.9 Å². The average molecular weight is 296 g/mol. The Morgan fingerprint density at radius 2 is 1.41 bits per heavy atom. The number of carboxylic acid groups (broad SMARTS) is 1. The van der Waals surface area contributed by atoms with E-state index in [9.17, 15) is 9.59 Å². The van der Waals surface area contributed by atoms with Crippen LogP contribution in [0, 0.1) is 5.41 Å². The molecule has 0 saturated carbocycles. The van der Waals surface area contributed by atoms with Crippen molar-refractivity contribution in [3.63, 3.8) is 0 Å². The Kier molecular flexibility index (Phi) is 4.76. The van der Waals surface area contributed by atoms with Crippen molar-refractivity contribution >= 4 is 11.8 Å². The van der Waals surface area contributed by atoms with Gasteiger partial charge in [0.25, 0.3) is 0 Å². The molecule has 0 bridgehead atoms. The van der Waals surface area contributed by atoms with Crippen LogP contribution in [0.3, 0.4) is 0 Å². The normalized spacial score (nSPS) is 11.2. The maximum absolute atomic E-state index is 12.3. The molecule has 0 amide bonds. The number of carbonyl (C=O) groups is 2. The number of hydrogen-bond donors (Lipinski definition) is 1. The second kappa shape index (κ2) is 6.56. The van der Waals surface area contributed by atoms with Crippen LogP contribution in [0.25, 0.3) is 11.1 Å². The summed E-state index contributed by atoms with van der Waals surface area (Å²) in [5, 5.41) is 8.88. The maximum Gasteiger partial charge on any atom is 0.303 e. The Morgan fingerprint density at radius 1 is 0.864 bits per heavy atom. The summed E-state index contributed by atoms with van der Waals surface area (Å²) in [6.07, 6.45) is 0.213. The second-order valence-electron chi connectivity index (χ2n) is 6.28. The Morgan fingerprint density at radius 3 is 1.95 bits per heavy atom. The Bertz CT molecular complexity index is 655. The molecule has 0 aliphatic heterocycles. The average Bonchev–Trinajstić information content (AvgIpc) is 2.46. The minimum atomic E-state index is -0.878. The van der Waals surface area contributed by atoms with E-state index in [1.807, 2.05) is 54.6 Å². The van der Waals surface area contributed by atoms with Gasteiger partial charge in [0.2, 0.25) is 0 Å². The first-order valence-corrected chi connectivity index (χ1v) is 7.28. The lowest BCUT2D eigenvalue weighted by molar-refractivity contribution is -0.139.